The first-order valence-electron chi connectivity index (χ1n) is 7.32. The van der Waals surface area contributed by atoms with E-state index in [1.807, 2.05) is 13.2 Å². The molecule has 2 heterocycles. The molecule has 2 aromatic heterocycles. The molecule has 10 heteroatoms. The summed E-state index contributed by atoms with van der Waals surface area (Å²) in [5, 5.41) is 1.19. The van der Waals surface area contributed by atoms with Gasteiger partial charge in [-0.2, -0.15) is 8.42 Å². The zero-order valence-corrected chi connectivity index (χ0v) is 15.1. The fourth-order valence-corrected chi connectivity index (χ4v) is 3.06. The Kier molecular flexibility index (Phi) is 6.33. The van der Waals surface area contributed by atoms with Crippen LogP contribution in [0.1, 0.15) is 18.9 Å². The molecule has 24 heavy (non-hydrogen) atoms. The van der Waals surface area contributed by atoms with Crippen molar-refractivity contribution in [2.45, 2.75) is 31.7 Å². The topological polar surface area (TPSA) is 111 Å². The fraction of sp³-hybridized carbons (Fsp3) is 0.500. The van der Waals surface area contributed by atoms with Crippen molar-refractivity contribution in [1.82, 2.24) is 14.5 Å². The minimum atomic E-state index is -4.07. The lowest BCUT2D eigenvalue weighted by atomic mass is 10.2. The van der Waals surface area contributed by atoms with Crippen LogP contribution >= 0.6 is 11.8 Å². The van der Waals surface area contributed by atoms with Gasteiger partial charge >= 0.3 is 0 Å². The molecule has 0 aliphatic carbocycles. The first kappa shape index (κ1) is 18.8. The molecule has 132 valence electrons. The number of fused-ring (bicyclic) bond motifs is 1. The number of pyridine rings is 1. The highest BCUT2D eigenvalue weighted by Gasteiger charge is 2.13. The van der Waals surface area contributed by atoms with E-state index in [-0.39, 0.29) is 25.1 Å². The van der Waals surface area contributed by atoms with Gasteiger partial charge in [0.1, 0.15) is 5.65 Å². The Balaban J connectivity index is 2.49. The Morgan fingerprint density at radius 1 is 1.42 bits per heavy atom. The van der Waals surface area contributed by atoms with Crippen molar-refractivity contribution in [2.24, 2.45) is 0 Å². The molecule has 0 amide bonds. The summed E-state index contributed by atoms with van der Waals surface area (Å²) >= 11 is 1.35. The monoisotopic (exact) mass is 373 g/mol. The third-order valence-corrected chi connectivity index (χ3v) is 4.67. The van der Waals surface area contributed by atoms with Crippen molar-refractivity contribution in [2.75, 3.05) is 18.6 Å². The predicted octanol–water partition coefficient (Wildman–Crippen LogP) is 1.33. The van der Waals surface area contributed by atoms with Gasteiger partial charge in [0.15, 0.2) is 5.16 Å². The highest BCUT2D eigenvalue weighted by atomic mass is 32.2. The van der Waals surface area contributed by atoms with E-state index in [9.17, 15) is 13.2 Å². The van der Waals surface area contributed by atoms with Gasteiger partial charge in [-0.3, -0.25) is 13.9 Å². The molecule has 0 saturated heterocycles. The summed E-state index contributed by atoms with van der Waals surface area (Å²) in [4.78, 5) is 21.2. The van der Waals surface area contributed by atoms with Gasteiger partial charge in [-0.15, -0.1) is 0 Å². The molecule has 0 saturated carbocycles. The Labute approximate surface area is 144 Å². The maximum atomic E-state index is 12.6. The summed E-state index contributed by atoms with van der Waals surface area (Å²) in [6, 6.07) is 1.69. The van der Waals surface area contributed by atoms with Crippen LogP contribution in [0, 0.1) is 0 Å². The first-order valence-corrected chi connectivity index (χ1v) is 10.2. The molecule has 0 aliphatic heterocycles. The molecule has 0 bridgehead atoms. The standard InChI is InChI=1S/C14H19N3O5S2/c1-3-22-9-11-7-10-8-15-14(23-2)16-12(10)17(13(11)18)5-4-6-24(19,20)21/h7-8H,3-6,9H2,1-2H3,(H,19,20,21). The molecule has 0 aliphatic rings. The van der Waals surface area contributed by atoms with Gasteiger partial charge in [-0.05, 0) is 25.7 Å². The third kappa shape index (κ3) is 4.76. The lowest BCUT2D eigenvalue weighted by Gasteiger charge is -2.12. The second kappa shape index (κ2) is 8.06. The lowest BCUT2D eigenvalue weighted by Crippen LogP contribution is -2.26. The molecular formula is C14H19N3O5S2. The molecule has 0 unspecified atom stereocenters. The first-order chi connectivity index (χ1) is 11.4. The Bertz CT molecular complexity index is 880. The van der Waals surface area contributed by atoms with Gasteiger partial charge in [0.25, 0.3) is 15.7 Å². The van der Waals surface area contributed by atoms with E-state index in [0.29, 0.717) is 28.4 Å². The Hall–Kier alpha value is -1.49. The number of thioether (sulfide) groups is 1. The van der Waals surface area contributed by atoms with E-state index < -0.39 is 15.9 Å². The van der Waals surface area contributed by atoms with E-state index in [2.05, 4.69) is 9.97 Å². The number of ether oxygens (including phenoxy) is 1. The summed E-state index contributed by atoms with van der Waals surface area (Å²) < 4.78 is 37.4. The molecule has 2 aromatic rings. The van der Waals surface area contributed by atoms with Crippen molar-refractivity contribution in [3.05, 3.63) is 28.2 Å². The van der Waals surface area contributed by atoms with Crippen LogP contribution in [-0.2, 0) is 28.0 Å². The van der Waals surface area contributed by atoms with E-state index in [0.717, 1.165) is 0 Å². The zero-order chi connectivity index (χ0) is 17.7. The lowest BCUT2D eigenvalue weighted by molar-refractivity contribution is 0.133. The number of aryl methyl sites for hydroxylation is 1. The summed E-state index contributed by atoms with van der Waals surface area (Å²) in [7, 11) is -4.07. The maximum absolute atomic E-state index is 12.6. The summed E-state index contributed by atoms with van der Waals surface area (Å²) in [6.45, 7) is 2.59. The molecule has 8 nitrogen and oxygen atoms in total. The highest BCUT2D eigenvalue weighted by molar-refractivity contribution is 7.98. The number of hydrogen-bond acceptors (Lipinski definition) is 7. The van der Waals surface area contributed by atoms with Crippen molar-refractivity contribution in [1.29, 1.82) is 0 Å². The second-order valence-corrected chi connectivity index (χ2v) is 7.38. The number of hydrogen-bond donors (Lipinski definition) is 1. The quantitative estimate of drug-likeness (QED) is 0.419. The van der Waals surface area contributed by atoms with E-state index in [4.69, 9.17) is 9.29 Å². The van der Waals surface area contributed by atoms with Gasteiger partial charge < -0.3 is 4.74 Å². The van der Waals surface area contributed by atoms with Gasteiger partial charge in [0.05, 0.1) is 12.4 Å². The van der Waals surface area contributed by atoms with Gasteiger partial charge in [0.2, 0.25) is 0 Å². The largest absolute Gasteiger partial charge is 0.377 e. The number of nitrogens with zero attached hydrogens (tertiary/aromatic N) is 3. The van der Waals surface area contributed by atoms with Crippen molar-refractivity contribution in [3.8, 4) is 0 Å². The van der Waals surface area contributed by atoms with Crippen LogP contribution in [-0.4, -0.2) is 46.1 Å². The molecule has 0 aromatic carbocycles. The van der Waals surface area contributed by atoms with Crippen LogP contribution in [0.15, 0.2) is 22.2 Å². The predicted molar refractivity (Wildman–Crippen MR) is 91.9 cm³/mol. The Morgan fingerprint density at radius 2 is 2.17 bits per heavy atom. The minimum Gasteiger partial charge on any atom is -0.377 e. The van der Waals surface area contributed by atoms with E-state index in [1.54, 1.807) is 12.3 Å². The smallest absolute Gasteiger partial charge is 0.264 e. The van der Waals surface area contributed by atoms with Crippen LogP contribution in [0.4, 0.5) is 0 Å². The van der Waals surface area contributed by atoms with Crippen LogP contribution in [0.5, 0.6) is 0 Å². The maximum Gasteiger partial charge on any atom is 0.264 e. The Morgan fingerprint density at radius 3 is 2.79 bits per heavy atom. The molecule has 0 atom stereocenters. The average Bonchev–Trinajstić information content (AvgIpc) is 2.53. The molecular weight excluding hydrogens is 354 g/mol. The minimum absolute atomic E-state index is 0.102. The van der Waals surface area contributed by atoms with Crippen LogP contribution in [0.2, 0.25) is 0 Å². The number of rotatable bonds is 8. The van der Waals surface area contributed by atoms with Gasteiger partial charge in [0, 0.05) is 30.3 Å². The second-order valence-electron chi connectivity index (χ2n) is 5.04. The van der Waals surface area contributed by atoms with Crippen molar-refractivity contribution in [3.63, 3.8) is 0 Å². The molecule has 0 radical (unpaired) electrons. The summed E-state index contributed by atoms with van der Waals surface area (Å²) in [5.41, 5.74) is 0.615. The molecule has 1 N–H and O–H groups in total. The average molecular weight is 373 g/mol. The van der Waals surface area contributed by atoms with Gasteiger partial charge in [-0.1, -0.05) is 11.8 Å². The molecule has 0 spiro atoms. The third-order valence-electron chi connectivity index (χ3n) is 3.31. The number of aromatic nitrogens is 3. The van der Waals surface area contributed by atoms with Crippen LogP contribution in [0.3, 0.4) is 0 Å². The summed E-state index contributed by atoms with van der Waals surface area (Å²) in [5.74, 6) is -0.420. The van der Waals surface area contributed by atoms with Crippen LogP contribution < -0.4 is 5.56 Å². The molecule has 0 fully saturated rings. The van der Waals surface area contributed by atoms with Crippen molar-refractivity contribution >= 4 is 32.9 Å². The normalized spacial score (nSPS) is 12.0. The highest BCUT2D eigenvalue weighted by Crippen LogP contribution is 2.16. The van der Waals surface area contributed by atoms with E-state index in [1.165, 1.54) is 16.3 Å². The zero-order valence-electron chi connectivity index (χ0n) is 13.4. The molecule has 2 rings (SSSR count). The van der Waals surface area contributed by atoms with Crippen LogP contribution in [0.25, 0.3) is 11.0 Å². The summed E-state index contributed by atoms with van der Waals surface area (Å²) in [6.07, 6.45) is 3.55. The van der Waals surface area contributed by atoms with E-state index >= 15 is 0 Å². The fourth-order valence-electron chi connectivity index (χ4n) is 2.23. The van der Waals surface area contributed by atoms with Gasteiger partial charge in [-0.25, -0.2) is 9.97 Å². The SMILES string of the molecule is CCOCc1cc2cnc(SC)nc2n(CCCS(=O)(=O)O)c1=O. The van der Waals surface area contributed by atoms with Crippen molar-refractivity contribution < 1.29 is 17.7 Å².